The van der Waals surface area contributed by atoms with Crippen molar-refractivity contribution in [2.75, 3.05) is 19.6 Å². The van der Waals surface area contributed by atoms with Crippen molar-refractivity contribution in [2.24, 2.45) is 11.8 Å². The third-order valence-corrected chi connectivity index (χ3v) is 7.59. The molecule has 0 unspecified atom stereocenters. The summed E-state index contributed by atoms with van der Waals surface area (Å²) in [5, 5.41) is 18.5. The van der Waals surface area contributed by atoms with Crippen LogP contribution in [0.5, 0.6) is 0 Å². The zero-order valence-corrected chi connectivity index (χ0v) is 21.3. The van der Waals surface area contributed by atoms with E-state index in [0.29, 0.717) is 35.0 Å². The highest BCUT2D eigenvalue weighted by molar-refractivity contribution is 6.42. The van der Waals surface area contributed by atoms with E-state index in [-0.39, 0.29) is 23.5 Å². The Morgan fingerprint density at radius 2 is 1.88 bits per heavy atom. The number of fused-ring (bicyclic) bond motifs is 1. The van der Waals surface area contributed by atoms with Crippen molar-refractivity contribution in [2.45, 2.75) is 83.5 Å². The highest BCUT2D eigenvalue weighted by Gasteiger charge is 2.40. The summed E-state index contributed by atoms with van der Waals surface area (Å²) in [4.78, 5) is 15.3. The normalized spacial score (nSPS) is 26.3. The van der Waals surface area contributed by atoms with Crippen LogP contribution in [0.4, 0.5) is 0 Å². The molecule has 1 heterocycles. The summed E-state index contributed by atoms with van der Waals surface area (Å²) in [6.45, 7) is 9.93. The summed E-state index contributed by atoms with van der Waals surface area (Å²) >= 11 is 12.2. The van der Waals surface area contributed by atoms with E-state index in [1.54, 1.807) is 6.07 Å². The molecular weight excluding hydrogens is 445 g/mol. The first kappa shape index (κ1) is 25.8. The van der Waals surface area contributed by atoms with Gasteiger partial charge in [0.25, 0.3) is 0 Å². The number of benzene rings is 1. The van der Waals surface area contributed by atoms with Crippen LogP contribution in [0.3, 0.4) is 0 Å². The first-order valence-electron chi connectivity index (χ1n) is 12.0. The molecule has 1 aliphatic carbocycles. The van der Waals surface area contributed by atoms with E-state index in [4.69, 9.17) is 23.2 Å². The molecule has 180 valence electrons. The molecule has 0 bridgehead atoms. The fourth-order valence-electron chi connectivity index (χ4n) is 5.17. The maximum atomic E-state index is 13.1. The molecule has 7 heteroatoms. The van der Waals surface area contributed by atoms with E-state index in [1.807, 2.05) is 39.8 Å². The summed E-state index contributed by atoms with van der Waals surface area (Å²) in [5.41, 5.74) is 0.763. The van der Waals surface area contributed by atoms with Gasteiger partial charge in [-0.05, 0) is 70.1 Å². The molecule has 1 amide bonds. The number of amides is 1. The molecule has 5 nitrogen and oxygen atoms in total. The van der Waals surface area contributed by atoms with Crippen molar-refractivity contribution in [1.82, 2.24) is 15.5 Å². The Bertz CT molecular complexity index is 783. The smallest absolute Gasteiger partial charge is 0.237 e. The maximum Gasteiger partial charge on any atom is 0.237 e. The lowest BCUT2D eigenvalue weighted by atomic mass is 9.72. The summed E-state index contributed by atoms with van der Waals surface area (Å²) in [7, 11) is 0. The number of carbonyl (C=O) groups excluding carboxylic acids is 1. The second kappa shape index (κ2) is 11.1. The van der Waals surface area contributed by atoms with Crippen molar-refractivity contribution < 1.29 is 9.90 Å². The summed E-state index contributed by atoms with van der Waals surface area (Å²) < 4.78 is 0. The monoisotopic (exact) mass is 483 g/mol. The predicted octanol–water partition coefficient (Wildman–Crippen LogP) is 4.80. The molecule has 3 rings (SSSR count). The topological polar surface area (TPSA) is 64.6 Å². The highest BCUT2D eigenvalue weighted by Crippen LogP contribution is 2.38. The van der Waals surface area contributed by atoms with Crippen LogP contribution in [0.1, 0.15) is 71.4 Å². The predicted molar refractivity (Wildman–Crippen MR) is 132 cm³/mol. The van der Waals surface area contributed by atoms with E-state index >= 15 is 0 Å². The second-order valence-corrected chi connectivity index (χ2v) is 11.5. The number of aliphatic hydroxyl groups excluding tert-OH is 1. The Hall–Kier alpha value is -0.850. The van der Waals surface area contributed by atoms with E-state index in [9.17, 15) is 9.90 Å². The summed E-state index contributed by atoms with van der Waals surface area (Å²) in [6, 6.07) is 5.45. The van der Waals surface area contributed by atoms with Crippen LogP contribution in [-0.2, 0) is 4.79 Å². The Morgan fingerprint density at radius 1 is 1.19 bits per heavy atom. The fraction of sp³-hybridized carbons (Fsp3) is 0.720. The van der Waals surface area contributed by atoms with Gasteiger partial charge in [0.15, 0.2) is 0 Å². The van der Waals surface area contributed by atoms with Crippen LogP contribution >= 0.6 is 23.2 Å². The quantitative estimate of drug-likeness (QED) is 0.520. The summed E-state index contributed by atoms with van der Waals surface area (Å²) in [5.74, 6) is 1.35. The number of piperidine rings is 1. The number of carbonyl (C=O) groups is 1. The minimum atomic E-state index is -0.565. The van der Waals surface area contributed by atoms with Crippen LogP contribution in [0.15, 0.2) is 18.2 Å². The first-order valence-corrected chi connectivity index (χ1v) is 12.7. The standard InChI is InChI=1S/C25H39Cl2N3O2/c1-16(17-9-10-21(26)22(27)11-17)28-13-20(31)15-30-14-19-8-6-5-7-18(19)12-23(30)24(32)29-25(2,3)4/h9-11,16,18-20,23,28,31H,5-8,12-15H2,1-4H3,(H,29,32)/t16-,18+,19-,20-,23+/m1/s1. The number of halogens is 2. The van der Waals surface area contributed by atoms with E-state index < -0.39 is 6.10 Å². The Labute approximate surface area is 203 Å². The average molecular weight is 485 g/mol. The van der Waals surface area contributed by atoms with Gasteiger partial charge in [0.05, 0.1) is 22.2 Å². The third kappa shape index (κ3) is 7.07. The molecule has 1 saturated carbocycles. The molecule has 0 aromatic heterocycles. The maximum absolute atomic E-state index is 13.1. The van der Waals surface area contributed by atoms with Crippen molar-refractivity contribution in [3.63, 3.8) is 0 Å². The lowest BCUT2D eigenvalue weighted by Crippen LogP contribution is -2.59. The zero-order valence-electron chi connectivity index (χ0n) is 19.8. The number of aliphatic hydroxyl groups is 1. The first-order chi connectivity index (χ1) is 15.0. The van der Waals surface area contributed by atoms with E-state index in [2.05, 4.69) is 15.5 Å². The van der Waals surface area contributed by atoms with Crippen LogP contribution in [-0.4, -0.2) is 53.2 Å². The van der Waals surface area contributed by atoms with Crippen LogP contribution < -0.4 is 10.6 Å². The third-order valence-electron chi connectivity index (χ3n) is 6.85. The van der Waals surface area contributed by atoms with Gasteiger partial charge in [-0.15, -0.1) is 0 Å². The number of β-amino-alcohol motifs (C(OH)–C–C–N with tert-alkyl or cyclic N) is 1. The van der Waals surface area contributed by atoms with Crippen LogP contribution in [0, 0.1) is 11.8 Å². The molecule has 1 aliphatic heterocycles. The van der Waals surface area contributed by atoms with Crippen molar-refractivity contribution in [3.05, 3.63) is 33.8 Å². The highest BCUT2D eigenvalue weighted by atomic mass is 35.5. The van der Waals surface area contributed by atoms with Gasteiger partial charge in [0.1, 0.15) is 0 Å². The van der Waals surface area contributed by atoms with Gasteiger partial charge in [0.2, 0.25) is 5.91 Å². The molecule has 1 saturated heterocycles. The number of likely N-dealkylation sites (tertiary alicyclic amines) is 1. The van der Waals surface area contributed by atoms with Crippen molar-refractivity contribution in [1.29, 1.82) is 0 Å². The number of hydrogen-bond donors (Lipinski definition) is 3. The van der Waals surface area contributed by atoms with Crippen LogP contribution in [0.2, 0.25) is 10.0 Å². The van der Waals surface area contributed by atoms with Crippen molar-refractivity contribution in [3.8, 4) is 0 Å². The Kier molecular flexibility index (Phi) is 8.90. The molecule has 5 atom stereocenters. The van der Waals surface area contributed by atoms with E-state index in [1.165, 1.54) is 25.7 Å². The molecule has 1 aromatic carbocycles. The SMILES string of the molecule is C[C@@H](NC[C@@H](O)CN1C[C@H]2CCCC[C@H]2C[C@H]1C(=O)NC(C)(C)C)c1ccc(Cl)c(Cl)c1. The lowest BCUT2D eigenvalue weighted by Gasteiger charge is -2.46. The van der Waals surface area contributed by atoms with Gasteiger partial charge in [-0.3, -0.25) is 9.69 Å². The van der Waals surface area contributed by atoms with Gasteiger partial charge in [-0.1, -0.05) is 48.5 Å². The fourth-order valence-corrected chi connectivity index (χ4v) is 5.48. The molecule has 3 N–H and O–H groups in total. The zero-order chi connectivity index (χ0) is 23.5. The molecular formula is C25H39Cl2N3O2. The van der Waals surface area contributed by atoms with Gasteiger partial charge in [-0.25, -0.2) is 0 Å². The minimum absolute atomic E-state index is 0.0310. The van der Waals surface area contributed by atoms with Gasteiger partial charge >= 0.3 is 0 Å². The van der Waals surface area contributed by atoms with Gasteiger partial charge in [-0.2, -0.15) is 0 Å². The second-order valence-electron chi connectivity index (χ2n) is 10.7. The summed E-state index contributed by atoms with van der Waals surface area (Å²) in [6.07, 6.45) is 5.34. The van der Waals surface area contributed by atoms with Crippen LogP contribution in [0.25, 0.3) is 0 Å². The number of nitrogens with one attached hydrogen (secondary N) is 2. The Morgan fingerprint density at radius 3 is 2.53 bits per heavy atom. The Balaban J connectivity index is 1.60. The minimum Gasteiger partial charge on any atom is -0.390 e. The van der Waals surface area contributed by atoms with Gasteiger partial charge in [0, 0.05) is 31.2 Å². The number of nitrogens with zero attached hydrogens (tertiary/aromatic N) is 1. The van der Waals surface area contributed by atoms with E-state index in [0.717, 1.165) is 18.5 Å². The lowest BCUT2D eigenvalue weighted by molar-refractivity contribution is -0.132. The molecule has 0 spiro atoms. The average Bonchev–Trinajstić information content (AvgIpc) is 2.72. The molecule has 32 heavy (non-hydrogen) atoms. The number of rotatable bonds is 7. The van der Waals surface area contributed by atoms with Gasteiger partial charge < -0.3 is 15.7 Å². The molecule has 0 radical (unpaired) electrons. The van der Waals surface area contributed by atoms with Crippen molar-refractivity contribution >= 4 is 29.1 Å². The molecule has 2 aliphatic rings. The molecule has 1 aromatic rings. The number of hydrogen-bond acceptors (Lipinski definition) is 4. The largest absolute Gasteiger partial charge is 0.390 e. The molecule has 2 fully saturated rings.